The Morgan fingerprint density at radius 3 is 2.14 bits per heavy atom. The van der Waals surface area contributed by atoms with Gasteiger partial charge in [-0.3, -0.25) is 13.9 Å². The molecule has 7 nitrogen and oxygen atoms in total. The molecule has 1 N–H and O–H groups in total. The Morgan fingerprint density at radius 1 is 0.909 bits per heavy atom. The van der Waals surface area contributed by atoms with Crippen LogP contribution < -0.4 is 9.62 Å². The van der Waals surface area contributed by atoms with Gasteiger partial charge in [-0.15, -0.1) is 0 Å². The van der Waals surface area contributed by atoms with Crippen molar-refractivity contribution < 1.29 is 18.0 Å². The molecule has 1 fully saturated rings. The van der Waals surface area contributed by atoms with E-state index in [1.807, 2.05) is 33.8 Å². The van der Waals surface area contributed by atoms with Crippen LogP contribution in [0, 0.1) is 20.8 Å². The molecule has 0 unspecified atom stereocenters. The Kier molecular flexibility index (Phi) is 11.4. The number of hydrogen-bond donors (Lipinski definition) is 1. The van der Waals surface area contributed by atoms with Gasteiger partial charge in [0.2, 0.25) is 11.8 Å². The van der Waals surface area contributed by atoms with Crippen LogP contribution in [0.1, 0.15) is 67.7 Å². The van der Waals surface area contributed by atoms with Crippen LogP contribution in [-0.4, -0.2) is 43.8 Å². The molecule has 0 bridgehead atoms. The van der Waals surface area contributed by atoms with E-state index in [0.29, 0.717) is 27.7 Å². The molecule has 0 aliphatic heterocycles. The standard InChI is InChI=1S/C34H41Cl2N3O4S/c1-5-32(34(41)37-26-10-7-6-8-11-26)38(21-29-30(35)12-9-13-31(29)36)33(40)22-39(27-17-16-24(3)25(4)20-27)44(42,43)28-18-14-23(2)15-19-28/h9,12-20,26,32H,5-8,10-11,21-22H2,1-4H3,(H,37,41)/t32-/m1/s1. The fourth-order valence-electron chi connectivity index (χ4n) is 5.56. The molecule has 1 aliphatic rings. The second-order valence-electron chi connectivity index (χ2n) is 11.6. The highest BCUT2D eigenvalue weighted by Crippen LogP contribution is 2.30. The van der Waals surface area contributed by atoms with Gasteiger partial charge >= 0.3 is 0 Å². The van der Waals surface area contributed by atoms with Gasteiger partial charge in [0.15, 0.2) is 0 Å². The largest absolute Gasteiger partial charge is 0.352 e. The number of sulfonamides is 1. The average molecular weight is 659 g/mol. The third kappa shape index (κ3) is 7.95. The minimum atomic E-state index is -4.16. The monoisotopic (exact) mass is 657 g/mol. The smallest absolute Gasteiger partial charge is 0.264 e. The molecule has 2 amide bonds. The van der Waals surface area contributed by atoms with Crippen LogP contribution in [0.2, 0.25) is 10.0 Å². The van der Waals surface area contributed by atoms with Crippen LogP contribution in [-0.2, 0) is 26.2 Å². The van der Waals surface area contributed by atoms with Crippen molar-refractivity contribution in [2.45, 2.75) is 89.7 Å². The molecule has 1 saturated carbocycles. The maximum absolute atomic E-state index is 14.4. The SMILES string of the molecule is CC[C@H](C(=O)NC1CCCCC1)N(Cc1c(Cl)cccc1Cl)C(=O)CN(c1ccc(C)c(C)c1)S(=O)(=O)c1ccc(C)cc1. The molecule has 4 rings (SSSR count). The first kappa shape index (κ1) is 33.8. The highest BCUT2D eigenvalue weighted by Gasteiger charge is 2.35. The highest BCUT2D eigenvalue weighted by atomic mass is 35.5. The van der Waals surface area contributed by atoms with Gasteiger partial charge in [0.05, 0.1) is 10.6 Å². The van der Waals surface area contributed by atoms with Crippen LogP contribution in [0.4, 0.5) is 5.69 Å². The zero-order valence-corrected chi connectivity index (χ0v) is 28.1. The summed E-state index contributed by atoms with van der Waals surface area (Å²) in [6.45, 7) is 6.97. The van der Waals surface area contributed by atoms with Crippen LogP contribution in [0.15, 0.2) is 65.6 Å². The summed E-state index contributed by atoms with van der Waals surface area (Å²) >= 11 is 13.1. The van der Waals surface area contributed by atoms with E-state index in [9.17, 15) is 18.0 Å². The van der Waals surface area contributed by atoms with Crippen LogP contribution in [0.25, 0.3) is 0 Å². The zero-order valence-electron chi connectivity index (χ0n) is 25.8. The first-order valence-corrected chi connectivity index (χ1v) is 17.3. The number of carbonyl (C=O) groups excluding carboxylic acids is 2. The Hall–Kier alpha value is -3.07. The molecule has 1 atom stereocenters. The number of rotatable bonds is 11. The fourth-order valence-corrected chi connectivity index (χ4v) is 7.49. The number of benzene rings is 3. The lowest BCUT2D eigenvalue weighted by Gasteiger charge is -2.35. The quantitative estimate of drug-likeness (QED) is 0.233. The second kappa shape index (κ2) is 14.8. The lowest BCUT2D eigenvalue weighted by molar-refractivity contribution is -0.140. The number of nitrogens with zero attached hydrogens (tertiary/aromatic N) is 2. The number of amides is 2. The summed E-state index contributed by atoms with van der Waals surface area (Å²) in [4.78, 5) is 29.6. The number of nitrogens with one attached hydrogen (secondary N) is 1. The summed E-state index contributed by atoms with van der Waals surface area (Å²) in [5.74, 6) is -0.810. The van der Waals surface area contributed by atoms with Gasteiger partial charge in [-0.25, -0.2) is 8.42 Å². The minimum absolute atomic E-state index is 0.0418. The third-order valence-corrected chi connectivity index (χ3v) is 10.9. The molecule has 0 heterocycles. The lowest BCUT2D eigenvalue weighted by atomic mass is 9.95. The molecule has 1 aliphatic carbocycles. The molecule has 3 aromatic rings. The molecule has 0 saturated heterocycles. The average Bonchev–Trinajstić information content (AvgIpc) is 2.99. The van der Waals surface area contributed by atoms with Gasteiger partial charge in [0.25, 0.3) is 10.0 Å². The van der Waals surface area contributed by atoms with Gasteiger partial charge in [-0.05, 0) is 87.6 Å². The predicted octanol–water partition coefficient (Wildman–Crippen LogP) is 7.37. The maximum atomic E-state index is 14.4. The van der Waals surface area contributed by atoms with E-state index in [1.165, 1.54) is 17.0 Å². The van der Waals surface area contributed by atoms with E-state index in [2.05, 4.69) is 5.32 Å². The topological polar surface area (TPSA) is 86.8 Å². The molecular formula is C34H41Cl2N3O4S. The molecule has 236 valence electrons. The van der Waals surface area contributed by atoms with Crippen molar-refractivity contribution in [3.05, 3.63) is 93.0 Å². The fraction of sp³-hybridized carbons (Fsp3) is 0.412. The van der Waals surface area contributed by atoms with Crippen molar-refractivity contribution in [1.82, 2.24) is 10.2 Å². The van der Waals surface area contributed by atoms with Crippen molar-refractivity contribution in [2.24, 2.45) is 0 Å². The normalized spacial score (nSPS) is 14.6. The number of hydrogen-bond acceptors (Lipinski definition) is 4. The van der Waals surface area contributed by atoms with Gasteiger partial charge in [0.1, 0.15) is 12.6 Å². The Morgan fingerprint density at radius 2 is 1.55 bits per heavy atom. The van der Waals surface area contributed by atoms with Crippen molar-refractivity contribution in [1.29, 1.82) is 0 Å². The van der Waals surface area contributed by atoms with Crippen molar-refractivity contribution >= 4 is 50.7 Å². The van der Waals surface area contributed by atoms with Crippen LogP contribution >= 0.6 is 23.2 Å². The first-order valence-electron chi connectivity index (χ1n) is 15.1. The Balaban J connectivity index is 1.76. The second-order valence-corrected chi connectivity index (χ2v) is 14.3. The predicted molar refractivity (Wildman–Crippen MR) is 178 cm³/mol. The Labute approximate surface area is 271 Å². The highest BCUT2D eigenvalue weighted by molar-refractivity contribution is 7.92. The minimum Gasteiger partial charge on any atom is -0.352 e. The summed E-state index contributed by atoms with van der Waals surface area (Å²) in [7, 11) is -4.16. The first-order chi connectivity index (χ1) is 20.9. The van der Waals surface area contributed by atoms with Crippen molar-refractivity contribution in [3.63, 3.8) is 0 Å². The van der Waals surface area contributed by atoms with Crippen LogP contribution in [0.5, 0.6) is 0 Å². The van der Waals surface area contributed by atoms with E-state index < -0.39 is 28.5 Å². The molecule has 44 heavy (non-hydrogen) atoms. The van der Waals surface area contributed by atoms with Crippen molar-refractivity contribution in [3.8, 4) is 0 Å². The third-order valence-electron chi connectivity index (χ3n) is 8.39. The van der Waals surface area contributed by atoms with Crippen LogP contribution in [0.3, 0.4) is 0 Å². The molecule has 0 spiro atoms. The van der Waals surface area contributed by atoms with E-state index in [1.54, 1.807) is 42.5 Å². The van der Waals surface area contributed by atoms with Gasteiger partial charge in [0, 0.05) is 28.2 Å². The Bertz CT molecular complexity index is 1570. The number of aryl methyl sites for hydroxylation is 3. The summed E-state index contributed by atoms with van der Waals surface area (Å²) < 4.78 is 29.4. The molecule has 0 aromatic heterocycles. The van der Waals surface area contributed by atoms with E-state index in [0.717, 1.165) is 53.1 Å². The van der Waals surface area contributed by atoms with Gasteiger partial charge < -0.3 is 10.2 Å². The van der Waals surface area contributed by atoms with E-state index in [-0.39, 0.29) is 23.4 Å². The summed E-state index contributed by atoms with van der Waals surface area (Å²) in [5.41, 5.74) is 3.64. The van der Waals surface area contributed by atoms with Gasteiger partial charge in [-0.2, -0.15) is 0 Å². The lowest BCUT2D eigenvalue weighted by Crippen LogP contribution is -2.54. The zero-order chi connectivity index (χ0) is 32.0. The van der Waals surface area contributed by atoms with Crippen molar-refractivity contribution in [2.75, 3.05) is 10.8 Å². The number of carbonyl (C=O) groups is 2. The molecular weight excluding hydrogens is 617 g/mol. The number of halogens is 2. The summed E-state index contributed by atoms with van der Waals surface area (Å²) in [6, 6.07) is 16.1. The van der Waals surface area contributed by atoms with E-state index in [4.69, 9.17) is 23.2 Å². The molecule has 10 heteroatoms. The number of anilines is 1. The van der Waals surface area contributed by atoms with E-state index >= 15 is 0 Å². The maximum Gasteiger partial charge on any atom is 0.264 e. The molecule has 0 radical (unpaired) electrons. The molecule has 3 aromatic carbocycles. The summed E-state index contributed by atoms with van der Waals surface area (Å²) in [6.07, 6.45) is 5.33. The van der Waals surface area contributed by atoms with Gasteiger partial charge in [-0.1, -0.05) is 79.2 Å². The summed E-state index contributed by atoms with van der Waals surface area (Å²) in [5, 5.41) is 3.86.